The van der Waals surface area contributed by atoms with E-state index in [1.54, 1.807) is 7.11 Å². The number of fused-ring (bicyclic) bond motifs is 1. The summed E-state index contributed by atoms with van der Waals surface area (Å²) in [6, 6.07) is 4.02. The van der Waals surface area contributed by atoms with Crippen LogP contribution in [-0.4, -0.2) is 12.7 Å². The molecule has 2 nitrogen and oxygen atoms in total. The highest BCUT2D eigenvalue weighted by molar-refractivity contribution is 9.10. The van der Waals surface area contributed by atoms with Gasteiger partial charge in [0.05, 0.1) is 7.11 Å². The van der Waals surface area contributed by atoms with Gasteiger partial charge in [0.1, 0.15) is 5.60 Å². The molecule has 0 spiro atoms. The van der Waals surface area contributed by atoms with E-state index >= 15 is 0 Å². The average molecular weight is 257 g/mol. The molecule has 0 radical (unpaired) electrons. The highest BCUT2D eigenvalue weighted by Crippen LogP contribution is 2.43. The van der Waals surface area contributed by atoms with E-state index in [2.05, 4.69) is 35.8 Å². The summed E-state index contributed by atoms with van der Waals surface area (Å²) in [6.45, 7) is 4.17. The van der Waals surface area contributed by atoms with Crippen molar-refractivity contribution in [1.82, 2.24) is 0 Å². The molecule has 0 saturated heterocycles. The molecule has 1 aliphatic heterocycles. The summed E-state index contributed by atoms with van der Waals surface area (Å²) in [5.41, 5.74) is 1.09. The molecule has 0 saturated carbocycles. The summed E-state index contributed by atoms with van der Waals surface area (Å²) in [5, 5.41) is 0. The highest BCUT2D eigenvalue weighted by Gasteiger charge is 2.32. The molecule has 2 rings (SSSR count). The van der Waals surface area contributed by atoms with Gasteiger partial charge in [0.25, 0.3) is 0 Å². The number of ether oxygens (including phenoxy) is 2. The SMILES string of the molecule is COc1cc(Br)cc2c1OC(C)(C)C2. The zero-order valence-electron chi connectivity index (χ0n) is 8.56. The van der Waals surface area contributed by atoms with Crippen LogP contribution in [0.2, 0.25) is 0 Å². The summed E-state index contributed by atoms with van der Waals surface area (Å²) >= 11 is 3.46. The first-order valence-corrected chi connectivity index (χ1v) is 5.36. The quantitative estimate of drug-likeness (QED) is 0.769. The molecule has 1 heterocycles. The maximum atomic E-state index is 5.83. The van der Waals surface area contributed by atoms with E-state index in [9.17, 15) is 0 Å². The number of rotatable bonds is 1. The van der Waals surface area contributed by atoms with Crippen molar-refractivity contribution in [2.45, 2.75) is 25.9 Å². The van der Waals surface area contributed by atoms with Gasteiger partial charge in [-0.15, -0.1) is 0 Å². The van der Waals surface area contributed by atoms with Gasteiger partial charge in [0.15, 0.2) is 11.5 Å². The van der Waals surface area contributed by atoms with Gasteiger partial charge in [-0.1, -0.05) is 15.9 Å². The zero-order valence-corrected chi connectivity index (χ0v) is 10.1. The second-order valence-corrected chi connectivity index (χ2v) is 5.05. The van der Waals surface area contributed by atoms with Crippen LogP contribution < -0.4 is 9.47 Å². The molecule has 14 heavy (non-hydrogen) atoms. The minimum absolute atomic E-state index is 0.115. The standard InChI is InChI=1S/C11H13BrO2/c1-11(2)6-7-4-8(12)5-9(13-3)10(7)14-11/h4-5H,6H2,1-3H3. The minimum atomic E-state index is -0.115. The smallest absolute Gasteiger partial charge is 0.165 e. The van der Waals surface area contributed by atoms with Crippen LogP contribution in [0.3, 0.4) is 0 Å². The Balaban J connectivity index is 2.50. The lowest BCUT2D eigenvalue weighted by Gasteiger charge is -2.17. The Bertz CT molecular complexity index is 372. The van der Waals surface area contributed by atoms with Crippen molar-refractivity contribution in [3.63, 3.8) is 0 Å². The number of methoxy groups -OCH3 is 1. The van der Waals surface area contributed by atoms with E-state index in [1.807, 2.05) is 6.07 Å². The Morgan fingerprint density at radius 1 is 1.43 bits per heavy atom. The largest absolute Gasteiger partial charge is 0.493 e. The summed E-state index contributed by atoms with van der Waals surface area (Å²) in [5.74, 6) is 1.70. The van der Waals surface area contributed by atoms with Crippen molar-refractivity contribution in [1.29, 1.82) is 0 Å². The summed E-state index contributed by atoms with van der Waals surface area (Å²) in [4.78, 5) is 0. The number of hydrogen-bond donors (Lipinski definition) is 0. The first kappa shape index (κ1) is 9.84. The molecule has 0 aromatic heterocycles. The molecular weight excluding hydrogens is 244 g/mol. The lowest BCUT2D eigenvalue weighted by molar-refractivity contribution is 0.134. The van der Waals surface area contributed by atoms with Crippen molar-refractivity contribution >= 4 is 15.9 Å². The van der Waals surface area contributed by atoms with Crippen LogP contribution in [0.1, 0.15) is 19.4 Å². The topological polar surface area (TPSA) is 18.5 Å². The predicted molar refractivity (Wildman–Crippen MR) is 59.1 cm³/mol. The minimum Gasteiger partial charge on any atom is -0.493 e. The lowest BCUT2D eigenvalue weighted by atomic mass is 10.0. The summed E-state index contributed by atoms with van der Waals surface area (Å²) < 4.78 is 12.1. The van der Waals surface area contributed by atoms with Crippen LogP contribution in [0.15, 0.2) is 16.6 Å². The monoisotopic (exact) mass is 256 g/mol. The molecule has 0 atom stereocenters. The van der Waals surface area contributed by atoms with Crippen LogP contribution in [0.5, 0.6) is 11.5 Å². The molecule has 1 aromatic rings. The normalized spacial score (nSPS) is 17.4. The van der Waals surface area contributed by atoms with Crippen LogP contribution in [0.4, 0.5) is 0 Å². The zero-order chi connectivity index (χ0) is 10.3. The van der Waals surface area contributed by atoms with Gasteiger partial charge in [0.2, 0.25) is 0 Å². The fourth-order valence-electron chi connectivity index (χ4n) is 1.79. The van der Waals surface area contributed by atoms with Gasteiger partial charge >= 0.3 is 0 Å². The number of hydrogen-bond acceptors (Lipinski definition) is 2. The third kappa shape index (κ3) is 1.61. The van der Waals surface area contributed by atoms with Gasteiger partial charge < -0.3 is 9.47 Å². The molecule has 0 N–H and O–H groups in total. The lowest BCUT2D eigenvalue weighted by Crippen LogP contribution is -2.24. The molecule has 0 bridgehead atoms. The van der Waals surface area contributed by atoms with Crippen molar-refractivity contribution in [2.24, 2.45) is 0 Å². The van der Waals surface area contributed by atoms with E-state index in [1.165, 1.54) is 5.56 Å². The van der Waals surface area contributed by atoms with Crippen molar-refractivity contribution < 1.29 is 9.47 Å². The molecule has 76 valence electrons. The number of halogens is 1. The fourth-order valence-corrected chi connectivity index (χ4v) is 2.28. The molecule has 0 fully saturated rings. The van der Waals surface area contributed by atoms with Crippen LogP contribution in [-0.2, 0) is 6.42 Å². The third-order valence-corrected chi connectivity index (χ3v) is 2.77. The molecule has 1 aromatic carbocycles. The Kier molecular flexibility index (Phi) is 2.22. The van der Waals surface area contributed by atoms with Gasteiger partial charge in [-0.3, -0.25) is 0 Å². The molecule has 0 unspecified atom stereocenters. The third-order valence-electron chi connectivity index (χ3n) is 2.31. The molecule has 1 aliphatic rings. The van der Waals surface area contributed by atoms with Gasteiger partial charge in [0, 0.05) is 16.5 Å². The molecular formula is C11H13BrO2. The second-order valence-electron chi connectivity index (χ2n) is 4.13. The van der Waals surface area contributed by atoms with Crippen molar-refractivity contribution in [2.75, 3.05) is 7.11 Å². The molecule has 3 heteroatoms. The average Bonchev–Trinajstić information content (AvgIpc) is 2.37. The van der Waals surface area contributed by atoms with Gasteiger partial charge in [-0.25, -0.2) is 0 Å². The second kappa shape index (κ2) is 3.16. The van der Waals surface area contributed by atoms with Crippen LogP contribution in [0.25, 0.3) is 0 Å². The maximum absolute atomic E-state index is 5.83. The highest BCUT2D eigenvalue weighted by atomic mass is 79.9. The van der Waals surface area contributed by atoms with E-state index in [-0.39, 0.29) is 5.60 Å². The Hall–Kier alpha value is -0.700. The Labute approximate surface area is 92.3 Å². The van der Waals surface area contributed by atoms with Crippen LogP contribution >= 0.6 is 15.9 Å². The van der Waals surface area contributed by atoms with E-state index < -0.39 is 0 Å². The predicted octanol–water partition coefficient (Wildman–Crippen LogP) is 3.17. The maximum Gasteiger partial charge on any atom is 0.165 e. The van der Waals surface area contributed by atoms with Gasteiger partial charge in [-0.2, -0.15) is 0 Å². The van der Waals surface area contributed by atoms with E-state index in [0.717, 1.165) is 22.4 Å². The van der Waals surface area contributed by atoms with E-state index in [4.69, 9.17) is 9.47 Å². The first-order valence-electron chi connectivity index (χ1n) is 4.57. The molecule has 0 aliphatic carbocycles. The van der Waals surface area contributed by atoms with E-state index in [0.29, 0.717) is 0 Å². The Morgan fingerprint density at radius 2 is 2.14 bits per heavy atom. The fraction of sp³-hybridized carbons (Fsp3) is 0.455. The Morgan fingerprint density at radius 3 is 2.79 bits per heavy atom. The number of benzene rings is 1. The van der Waals surface area contributed by atoms with Crippen molar-refractivity contribution in [3.05, 3.63) is 22.2 Å². The van der Waals surface area contributed by atoms with Crippen LogP contribution in [0, 0.1) is 0 Å². The molecule has 0 amide bonds. The summed E-state index contributed by atoms with van der Waals surface area (Å²) in [6.07, 6.45) is 0.929. The first-order chi connectivity index (χ1) is 6.52. The van der Waals surface area contributed by atoms with Crippen molar-refractivity contribution in [3.8, 4) is 11.5 Å². The summed E-state index contributed by atoms with van der Waals surface area (Å²) in [7, 11) is 1.66. The van der Waals surface area contributed by atoms with Gasteiger partial charge in [-0.05, 0) is 26.0 Å².